The number of thiophene rings is 1. The molecule has 1 aromatic rings. The van der Waals surface area contributed by atoms with E-state index < -0.39 is 17.8 Å². The fourth-order valence-electron chi connectivity index (χ4n) is 2.49. The number of ketones is 1. The third-order valence-electron chi connectivity index (χ3n) is 3.29. The van der Waals surface area contributed by atoms with Crippen LogP contribution in [0, 0.1) is 17.8 Å². The molecule has 5 heteroatoms. The predicted molar refractivity (Wildman–Crippen MR) is 66.7 cm³/mol. The Labute approximate surface area is 108 Å². The number of rotatable bonds is 3. The summed E-state index contributed by atoms with van der Waals surface area (Å²) in [6.07, 6.45) is 1.22. The summed E-state index contributed by atoms with van der Waals surface area (Å²) in [7, 11) is 0. The van der Waals surface area contributed by atoms with Gasteiger partial charge in [0.2, 0.25) is 0 Å². The van der Waals surface area contributed by atoms with Crippen LogP contribution in [0.2, 0.25) is 5.02 Å². The van der Waals surface area contributed by atoms with E-state index in [2.05, 4.69) is 0 Å². The van der Waals surface area contributed by atoms with Crippen molar-refractivity contribution < 1.29 is 14.7 Å². The number of carbonyl (C=O) groups excluding carboxylic acids is 1. The molecule has 1 aromatic heterocycles. The maximum Gasteiger partial charge on any atom is 0.307 e. The maximum atomic E-state index is 12.3. The molecule has 0 radical (unpaired) electrons. The average molecular weight is 273 g/mol. The summed E-state index contributed by atoms with van der Waals surface area (Å²) < 4.78 is 0. The highest BCUT2D eigenvalue weighted by atomic mass is 35.5. The summed E-state index contributed by atoms with van der Waals surface area (Å²) in [5.41, 5.74) is 0. The molecule has 0 spiro atoms. The molecule has 1 fully saturated rings. The largest absolute Gasteiger partial charge is 0.481 e. The second-order valence-corrected chi connectivity index (χ2v) is 5.91. The van der Waals surface area contributed by atoms with Gasteiger partial charge in [-0.15, -0.1) is 11.3 Å². The Hall–Kier alpha value is -0.870. The van der Waals surface area contributed by atoms with Crippen LogP contribution in [0.3, 0.4) is 0 Å². The van der Waals surface area contributed by atoms with Gasteiger partial charge in [-0.25, -0.2) is 0 Å². The van der Waals surface area contributed by atoms with Gasteiger partial charge in [0.1, 0.15) is 0 Å². The number of carboxylic acid groups (broad SMARTS) is 1. The summed E-state index contributed by atoms with van der Waals surface area (Å²) >= 11 is 7.20. The third-order valence-corrected chi connectivity index (χ3v) is 4.65. The van der Waals surface area contributed by atoms with Crippen LogP contribution in [0.4, 0.5) is 0 Å². The lowest BCUT2D eigenvalue weighted by Gasteiger charge is -2.13. The van der Waals surface area contributed by atoms with Gasteiger partial charge in [-0.1, -0.05) is 18.5 Å². The number of hydrogen-bond donors (Lipinski definition) is 1. The van der Waals surface area contributed by atoms with Crippen molar-refractivity contribution in [2.24, 2.45) is 17.8 Å². The first-order valence-corrected chi connectivity index (χ1v) is 6.76. The van der Waals surface area contributed by atoms with Gasteiger partial charge in [0, 0.05) is 5.92 Å². The highest BCUT2D eigenvalue weighted by Crippen LogP contribution is 2.40. The molecule has 1 saturated carbocycles. The Morgan fingerprint density at radius 2 is 2.06 bits per heavy atom. The Morgan fingerprint density at radius 3 is 2.59 bits per heavy atom. The molecule has 0 aliphatic heterocycles. The van der Waals surface area contributed by atoms with Crippen LogP contribution in [0.5, 0.6) is 0 Å². The monoisotopic (exact) mass is 272 g/mol. The van der Waals surface area contributed by atoms with Crippen molar-refractivity contribution in [3.8, 4) is 0 Å². The Bertz CT molecular complexity index is 454. The van der Waals surface area contributed by atoms with Crippen molar-refractivity contribution in [2.75, 3.05) is 0 Å². The van der Waals surface area contributed by atoms with E-state index in [1.165, 1.54) is 11.3 Å². The first kappa shape index (κ1) is 12.6. The van der Waals surface area contributed by atoms with Crippen molar-refractivity contribution in [3.63, 3.8) is 0 Å². The van der Waals surface area contributed by atoms with E-state index in [4.69, 9.17) is 16.7 Å². The van der Waals surface area contributed by atoms with Crippen molar-refractivity contribution >= 4 is 34.7 Å². The van der Waals surface area contributed by atoms with Crippen molar-refractivity contribution in [1.29, 1.82) is 0 Å². The molecule has 17 heavy (non-hydrogen) atoms. The summed E-state index contributed by atoms with van der Waals surface area (Å²) in [5.74, 6) is -1.68. The van der Waals surface area contributed by atoms with E-state index in [0.29, 0.717) is 22.7 Å². The van der Waals surface area contributed by atoms with Crippen LogP contribution in [0.1, 0.15) is 29.4 Å². The number of carbonyl (C=O) groups is 2. The molecule has 3 atom stereocenters. The molecule has 92 valence electrons. The van der Waals surface area contributed by atoms with Gasteiger partial charge in [0.25, 0.3) is 0 Å². The van der Waals surface area contributed by atoms with Crippen LogP contribution < -0.4 is 0 Å². The lowest BCUT2D eigenvalue weighted by molar-refractivity contribution is -0.142. The highest BCUT2D eigenvalue weighted by Gasteiger charge is 2.42. The molecule has 0 aromatic carbocycles. The first-order valence-electron chi connectivity index (χ1n) is 5.50. The molecule has 0 saturated heterocycles. The molecule has 0 amide bonds. The maximum absolute atomic E-state index is 12.3. The molecule has 1 N–H and O–H groups in total. The van der Waals surface area contributed by atoms with Gasteiger partial charge in [-0.2, -0.15) is 0 Å². The molecule has 3 unspecified atom stereocenters. The quantitative estimate of drug-likeness (QED) is 0.859. The number of aliphatic carboxylic acids is 1. The molecular weight excluding hydrogens is 260 g/mol. The zero-order chi connectivity index (χ0) is 12.6. The normalized spacial score (nSPS) is 28.2. The third kappa shape index (κ3) is 2.38. The van der Waals surface area contributed by atoms with Crippen LogP contribution >= 0.6 is 22.9 Å². The molecular formula is C12H13ClO3S. The lowest BCUT2D eigenvalue weighted by Crippen LogP contribution is -2.25. The Kier molecular flexibility index (Phi) is 3.54. The topological polar surface area (TPSA) is 54.4 Å². The van der Waals surface area contributed by atoms with Gasteiger partial charge in [0.15, 0.2) is 5.78 Å². The molecule has 3 nitrogen and oxygen atoms in total. The van der Waals surface area contributed by atoms with Gasteiger partial charge in [-0.3, -0.25) is 9.59 Å². The van der Waals surface area contributed by atoms with Crippen molar-refractivity contribution in [2.45, 2.75) is 19.8 Å². The van der Waals surface area contributed by atoms with Crippen LogP contribution in [-0.4, -0.2) is 16.9 Å². The molecule has 2 rings (SSSR count). The SMILES string of the molecule is CC1CC(C(=O)O)C(C(=O)c2sccc2Cl)C1. The summed E-state index contributed by atoms with van der Waals surface area (Å²) in [5, 5.41) is 11.3. The number of Topliss-reactive ketones (excluding diaryl/α,β-unsaturated/α-hetero) is 1. The standard InChI is InChI=1S/C12H13ClO3S/c1-6-4-7(8(5-6)12(15)16)10(14)11-9(13)2-3-17-11/h2-3,6-8H,4-5H2,1H3,(H,15,16). The van der Waals surface area contributed by atoms with Gasteiger partial charge in [0.05, 0.1) is 15.8 Å². The highest BCUT2D eigenvalue weighted by molar-refractivity contribution is 7.12. The Balaban J connectivity index is 2.25. The molecule has 1 aliphatic rings. The van der Waals surface area contributed by atoms with E-state index in [1.54, 1.807) is 11.4 Å². The van der Waals surface area contributed by atoms with Crippen molar-refractivity contribution in [1.82, 2.24) is 0 Å². The van der Waals surface area contributed by atoms with E-state index >= 15 is 0 Å². The van der Waals surface area contributed by atoms with Crippen molar-refractivity contribution in [3.05, 3.63) is 21.3 Å². The average Bonchev–Trinajstić information content (AvgIpc) is 2.83. The number of halogens is 1. The zero-order valence-corrected chi connectivity index (χ0v) is 10.9. The van der Waals surface area contributed by atoms with E-state index in [9.17, 15) is 9.59 Å². The minimum atomic E-state index is -0.875. The van der Waals surface area contributed by atoms with E-state index in [0.717, 1.165) is 0 Å². The molecule has 0 bridgehead atoms. The Morgan fingerprint density at radius 1 is 1.41 bits per heavy atom. The summed E-state index contributed by atoms with van der Waals surface area (Å²) in [6, 6.07) is 1.67. The predicted octanol–water partition coefficient (Wildman–Crippen LogP) is 3.33. The zero-order valence-electron chi connectivity index (χ0n) is 9.35. The van der Waals surface area contributed by atoms with Gasteiger partial charge in [-0.05, 0) is 30.2 Å². The fourth-order valence-corrected chi connectivity index (χ4v) is 3.65. The summed E-state index contributed by atoms with van der Waals surface area (Å²) in [6.45, 7) is 1.99. The van der Waals surface area contributed by atoms with Gasteiger partial charge >= 0.3 is 5.97 Å². The van der Waals surface area contributed by atoms with Crippen LogP contribution in [0.25, 0.3) is 0 Å². The van der Waals surface area contributed by atoms with Crippen LogP contribution in [0.15, 0.2) is 11.4 Å². The van der Waals surface area contributed by atoms with Crippen LogP contribution in [-0.2, 0) is 4.79 Å². The molecule has 1 heterocycles. The smallest absolute Gasteiger partial charge is 0.307 e. The number of hydrogen-bond acceptors (Lipinski definition) is 3. The second-order valence-electron chi connectivity index (χ2n) is 4.59. The summed E-state index contributed by atoms with van der Waals surface area (Å²) in [4.78, 5) is 23.9. The minimum absolute atomic E-state index is 0.109. The lowest BCUT2D eigenvalue weighted by atomic mass is 9.91. The fraction of sp³-hybridized carbons (Fsp3) is 0.500. The van der Waals surface area contributed by atoms with E-state index in [-0.39, 0.29) is 11.7 Å². The minimum Gasteiger partial charge on any atom is -0.481 e. The van der Waals surface area contributed by atoms with Gasteiger partial charge < -0.3 is 5.11 Å². The molecule has 1 aliphatic carbocycles. The number of carboxylic acids is 1. The first-order chi connectivity index (χ1) is 8.00. The second kappa shape index (κ2) is 4.78. The van der Waals surface area contributed by atoms with E-state index in [1.807, 2.05) is 6.92 Å².